The summed E-state index contributed by atoms with van der Waals surface area (Å²) in [5.41, 5.74) is 6.79. The van der Waals surface area contributed by atoms with Gasteiger partial charge in [-0.25, -0.2) is 4.57 Å². The summed E-state index contributed by atoms with van der Waals surface area (Å²) >= 11 is 2.59. The molecule has 50 heavy (non-hydrogen) atoms. The fourth-order valence-electron chi connectivity index (χ4n) is 4.78. The minimum Gasteiger partial charge on any atom is -0.374 e. The van der Waals surface area contributed by atoms with Crippen molar-refractivity contribution in [1.29, 1.82) is 0 Å². The Morgan fingerprint density at radius 1 is 0.640 bits per heavy atom. The van der Waals surface area contributed by atoms with Crippen molar-refractivity contribution in [3.63, 3.8) is 0 Å². The second kappa shape index (κ2) is 20.6. The van der Waals surface area contributed by atoms with Gasteiger partial charge < -0.3 is 9.80 Å². The predicted molar refractivity (Wildman–Crippen MR) is 218 cm³/mol. The molecule has 0 N–H and O–H groups in total. The van der Waals surface area contributed by atoms with Gasteiger partial charge in [0.1, 0.15) is 7.05 Å². The lowest BCUT2D eigenvalue weighted by Crippen LogP contribution is -2.30. The zero-order valence-electron chi connectivity index (χ0n) is 29.2. The first-order chi connectivity index (χ1) is 24.3. The zero-order valence-corrected chi connectivity index (χ0v) is 30.8. The lowest BCUT2D eigenvalue weighted by molar-refractivity contribution is -0.673. The van der Waals surface area contributed by atoms with E-state index in [9.17, 15) is 9.59 Å². The molecule has 6 nitrogen and oxygen atoms in total. The van der Waals surface area contributed by atoms with Crippen LogP contribution in [0.4, 0.5) is 11.4 Å². The Bertz CT molecular complexity index is 1830. The molecule has 0 bridgehead atoms. The minimum absolute atomic E-state index is 0.00705. The summed E-state index contributed by atoms with van der Waals surface area (Å²) in [6.07, 6.45) is 19.8. The number of hydrogen-bond acceptors (Lipinski definition) is 7. The Morgan fingerprint density at radius 3 is 1.66 bits per heavy atom. The number of carbonyl (C=O) groups excluding carboxylic acids is 2. The molecule has 0 saturated carbocycles. The number of carbonyl (C=O) groups is 2. The third kappa shape index (κ3) is 12.5. The molecule has 1 heterocycles. The highest BCUT2D eigenvalue weighted by molar-refractivity contribution is 8.14. The van der Waals surface area contributed by atoms with Crippen LogP contribution in [0.3, 0.4) is 0 Å². The number of thioether (sulfide) groups is 2. The molecule has 0 atom stereocenters. The predicted octanol–water partition coefficient (Wildman–Crippen LogP) is 8.53. The van der Waals surface area contributed by atoms with Crippen LogP contribution in [-0.4, -0.2) is 62.2 Å². The van der Waals surface area contributed by atoms with Crippen LogP contribution in [0.1, 0.15) is 37.5 Å². The van der Waals surface area contributed by atoms with E-state index in [-0.39, 0.29) is 10.2 Å². The van der Waals surface area contributed by atoms with Crippen molar-refractivity contribution in [3.05, 3.63) is 156 Å². The quantitative estimate of drug-likeness (QED) is 0.0664. The monoisotopic (exact) mass is 701 g/mol. The average molecular weight is 702 g/mol. The number of pyridine rings is 1. The van der Waals surface area contributed by atoms with Gasteiger partial charge in [-0.1, -0.05) is 78.2 Å². The van der Waals surface area contributed by atoms with E-state index in [0.717, 1.165) is 41.3 Å². The number of aromatic nitrogens is 1. The SMILES string of the molecule is CN=C\C=C/C=C/C=C/c1ccc(N(C)CCSC(=O)c2ccc(C(=O)SCCN(C)c3ccc(/C=C/c4cccc[n+]4C)cc3)cc2)cc1. The summed E-state index contributed by atoms with van der Waals surface area (Å²) in [5.74, 6) is 1.32. The molecule has 8 heteroatoms. The number of anilines is 2. The third-order valence-corrected chi connectivity index (χ3v) is 9.62. The van der Waals surface area contributed by atoms with E-state index < -0.39 is 0 Å². The summed E-state index contributed by atoms with van der Waals surface area (Å²) in [7, 11) is 7.84. The van der Waals surface area contributed by atoms with Crippen LogP contribution in [-0.2, 0) is 7.05 Å². The highest BCUT2D eigenvalue weighted by atomic mass is 32.2. The van der Waals surface area contributed by atoms with Gasteiger partial charge in [0.2, 0.25) is 15.9 Å². The maximum atomic E-state index is 12.8. The van der Waals surface area contributed by atoms with E-state index >= 15 is 0 Å². The van der Waals surface area contributed by atoms with Crippen molar-refractivity contribution in [2.24, 2.45) is 12.0 Å². The maximum absolute atomic E-state index is 12.8. The first-order valence-electron chi connectivity index (χ1n) is 16.5. The van der Waals surface area contributed by atoms with Crippen molar-refractivity contribution in [1.82, 2.24) is 0 Å². The van der Waals surface area contributed by atoms with E-state index in [4.69, 9.17) is 0 Å². The third-order valence-electron chi connectivity index (χ3n) is 7.85. The van der Waals surface area contributed by atoms with Gasteiger partial charge in [0.15, 0.2) is 6.20 Å². The summed E-state index contributed by atoms with van der Waals surface area (Å²) < 4.78 is 2.08. The Labute approximate surface area is 305 Å². The Hall–Kier alpha value is -4.92. The van der Waals surface area contributed by atoms with Gasteiger partial charge in [0, 0.05) is 92.7 Å². The molecule has 0 spiro atoms. The first-order valence-corrected chi connectivity index (χ1v) is 18.4. The molecule has 4 rings (SSSR count). The number of aryl methyl sites for hydroxylation is 1. The van der Waals surface area contributed by atoms with Crippen LogP contribution in [0, 0.1) is 0 Å². The summed E-state index contributed by atoms with van der Waals surface area (Å²) in [5, 5.41) is 0.0156. The molecule has 0 amide bonds. The molecule has 0 saturated heterocycles. The first kappa shape index (κ1) is 37.9. The highest BCUT2D eigenvalue weighted by Crippen LogP contribution is 2.21. The molecule has 0 radical (unpaired) electrons. The molecular formula is C42H45N4O2S2+. The van der Waals surface area contributed by atoms with Gasteiger partial charge in [-0.15, -0.1) is 0 Å². The number of aliphatic imine (C=N–C) groups is 1. The molecule has 0 aliphatic heterocycles. The zero-order chi connectivity index (χ0) is 35.6. The minimum atomic E-state index is 0.00705. The van der Waals surface area contributed by atoms with Gasteiger partial charge >= 0.3 is 0 Å². The van der Waals surface area contributed by atoms with Crippen LogP contribution in [0.25, 0.3) is 18.2 Å². The average Bonchev–Trinajstić information content (AvgIpc) is 3.14. The number of hydrogen-bond donors (Lipinski definition) is 0. The summed E-state index contributed by atoms with van der Waals surface area (Å²) in [6, 6.07) is 29.9. The number of allylic oxidation sites excluding steroid dienone is 5. The Morgan fingerprint density at radius 2 is 1.14 bits per heavy atom. The topological polar surface area (TPSA) is 56.9 Å². The molecule has 0 fully saturated rings. The second-order valence-corrected chi connectivity index (χ2v) is 13.6. The highest BCUT2D eigenvalue weighted by Gasteiger charge is 2.12. The molecule has 3 aromatic carbocycles. The van der Waals surface area contributed by atoms with Crippen LogP contribution in [0.5, 0.6) is 0 Å². The van der Waals surface area contributed by atoms with Crippen molar-refractivity contribution in [2.75, 3.05) is 55.5 Å². The molecule has 4 aromatic rings. The lowest BCUT2D eigenvalue weighted by Gasteiger charge is -2.19. The largest absolute Gasteiger partial charge is 0.374 e. The van der Waals surface area contributed by atoms with E-state index in [1.807, 2.05) is 69.9 Å². The van der Waals surface area contributed by atoms with Gasteiger partial charge in [-0.05, 0) is 77.9 Å². The van der Waals surface area contributed by atoms with E-state index in [1.165, 1.54) is 23.5 Å². The molecule has 0 aliphatic carbocycles. The van der Waals surface area contributed by atoms with Gasteiger partial charge in [-0.2, -0.15) is 0 Å². The van der Waals surface area contributed by atoms with Crippen LogP contribution >= 0.6 is 23.5 Å². The number of rotatable bonds is 16. The van der Waals surface area contributed by atoms with Crippen molar-refractivity contribution in [2.45, 2.75) is 0 Å². The molecule has 256 valence electrons. The van der Waals surface area contributed by atoms with Crippen molar-refractivity contribution >= 4 is 69.6 Å². The maximum Gasteiger partial charge on any atom is 0.219 e. The summed E-state index contributed by atoms with van der Waals surface area (Å²) in [6.45, 7) is 1.47. The Kier molecular flexibility index (Phi) is 15.6. The molecule has 1 aromatic heterocycles. The van der Waals surface area contributed by atoms with Crippen LogP contribution < -0.4 is 14.4 Å². The van der Waals surface area contributed by atoms with Gasteiger partial charge in [0.25, 0.3) is 0 Å². The summed E-state index contributed by atoms with van der Waals surface area (Å²) in [4.78, 5) is 33.9. The van der Waals surface area contributed by atoms with Gasteiger partial charge in [-0.3, -0.25) is 14.6 Å². The van der Waals surface area contributed by atoms with Crippen molar-refractivity contribution < 1.29 is 14.2 Å². The van der Waals surface area contributed by atoms with E-state index in [2.05, 4.69) is 92.2 Å². The molecule has 0 unspecified atom stereocenters. The van der Waals surface area contributed by atoms with E-state index in [1.54, 1.807) is 37.5 Å². The smallest absolute Gasteiger partial charge is 0.219 e. The Balaban J connectivity index is 1.15. The number of nitrogens with zero attached hydrogens (tertiary/aromatic N) is 4. The number of benzene rings is 3. The van der Waals surface area contributed by atoms with Crippen LogP contribution in [0.15, 0.2) is 133 Å². The van der Waals surface area contributed by atoms with E-state index in [0.29, 0.717) is 22.6 Å². The fraction of sp³-hybridized carbons (Fsp3) is 0.190. The lowest BCUT2D eigenvalue weighted by atomic mass is 10.1. The van der Waals surface area contributed by atoms with Gasteiger partial charge in [0.05, 0.1) is 0 Å². The standard InChI is InChI=1S/C42H45N4O2S2/c1-43-28-10-7-5-6-8-12-34-14-24-39(25-15-34)45(3)30-32-49-41(47)36-19-21-37(22-20-36)42(48)50-33-31-46(4)40-26-17-35(18-27-40)16-23-38-13-9-11-29-44(38)2/h5-29H,30-33H2,1-4H3/q+1/b6-5+,10-7-,12-8+,43-28?. The normalized spacial score (nSPS) is 11.8. The molecule has 0 aliphatic rings. The molecular weight excluding hydrogens is 657 g/mol. The van der Waals surface area contributed by atoms with Crippen LogP contribution in [0.2, 0.25) is 0 Å². The second-order valence-electron chi connectivity index (χ2n) is 11.5. The van der Waals surface area contributed by atoms with Crippen molar-refractivity contribution in [3.8, 4) is 0 Å². The fourth-order valence-corrected chi connectivity index (χ4v) is 6.49.